The number of ether oxygens (including phenoxy) is 3. The van der Waals surface area contributed by atoms with E-state index in [0.29, 0.717) is 11.2 Å². The Morgan fingerprint density at radius 1 is 1.48 bits per heavy atom. The zero-order valence-corrected chi connectivity index (χ0v) is 12.8. The molecule has 1 aliphatic heterocycles. The van der Waals surface area contributed by atoms with Gasteiger partial charge in [0.2, 0.25) is 5.95 Å². The summed E-state index contributed by atoms with van der Waals surface area (Å²) in [5.41, 5.74) is 12.3. The van der Waals surface area contributed by atoms with Crippen molar-refractivity contribution in [3.63, 3.8) is 0 Å². The van der Waals surface area contributed by atoms with Crippen LogP contribution in [0, 0.1) is 5.92 Å². The Morgan fingerprint density at radius 3 is 3.00 bits per heavy atom. The molecule has 1 unspecified atom stereocenters. The Bertz CT molecular complexity index is 731. The van der Waals surface area contributed by atoms with Crippen LogP contribution in [0.15, 0.2) is 6.33 Å². The van der Waals surface area contributed by atoms with E-state index in [1.54, 1.807) is 18.4 Å². The zero-order valence-electron chi connectivity index (χ0n) is 12.8. The van der Waals surface area contributed by atoms with Gasteiger partial charge in [0.1, 0.15) is 12.1 Å². The number of esters is 1. The molecule has 1 fully saturated rings. The number of aromatic nitrogens is 4. The molecule has 2 atom stereocenters. The van der Waals surface area contributed by atoms with Crippen LogP contribution < -0.4 is 11.5 Å². The topological polar surface area (TPSA) is 140 Å². The van der Waals surface area contributed by atoms with Crippen LogP contribution in [0.1, 0.15) is 20.1 Å². The third-order valence-electron chi connectivity index (χ3n) is 3.34. The monoisotopic (exact) mass is 322 g/mol. The van der Waals surface area contributed by atoms with Gasteiger partial charge in [-0.25, -0.2) is 4.98 Å². The van der Waals surface area contributed by atoms with E-state index >= 15 is 0 Å². The lowest BCUT2D eigenvalue weighted by atomic mass is 10.2. The molecule has 0 saturated carbocycles. The van der Waals surface area contributed by atoms with Gasteiger partial charge in [-0.2, -0.15) is 9.97 Å². The molecule has 3 heterocycles. The van der Waals surface area contributed by atoms with Crippen molar-refractivity contribution in [3.8, 4) is 0 Å². The normalized spacial score (nSPS) is 21.2. The summed E-state index contributed by atoms with van der Waals surface area (Å²) in [6.45, 7) is 3.81. The SMILES string of the molecule is CC(C)C(=O)OC[C@@H]1OCC(n2cnc3c(N)nc(N)nc32)O1. The van der Waals surface area contributed by atoms with E-state index in [4.69, 9.17) is 25.7 Å². The molecule has 124 valence electrons. The standard InChI is InChI=1S/C13H18N6O4/c1-6(2)12(20)22-4-8-21-3-7(23-8)19-5-16-9-10(14)17-13(15)18-11(9)19/h5-8H,3-4H2,1-2H3,(H4,14,15,17,18)/t7?,8-/m1/s1. The third-order valence-corrected chi connectivity index (χ3v) is 3.34. The second-order valence-electron chi connectivity index (χ2n) is 5.43. The lowest BCUT2D eigenvalue weighted by Gasteiger charge is -2.14. The fraction of sp³-hybridized carbons (Fsp3) is 0.538. The molecule has 1 saturated heterocycles. The van der Waals surface area contributed by atoms with Crippen molar-refractivity contribution < 1.29 is 19.0 Å². The second kappa shape index (κ2) is 5.97. The van der Waals surface area contributed by atoms with Gasteiger partial charge in [0.05, 0.1) is 18.9 Å². The summed E-state index contributed by atoms with van der Waals surface area (Å²) < 4.78 is 17.9. The summed E-state index contributed by atoms with van der Waals surface area (Å²) in [4.78, 5) is 23.6. The van der Waals surface area contributed by atoms with Crippen molar-refractivity contribution in [1.29, 1.82) is 0 Å². The summed E-state index contributed by atoms with van der Waals surface area (Å²) in [7, 11) is 0. The molecule has 10 heteroatoms. The number of hydrogen-bond acceptors (Lipinski definition) is 9. The van der Waals surface area contributed by atoms with Crippen LogP contribution in [0.3, 0.4) is 0 Å². The van der Waals surface area contributed by atoms with Crippen molar-refractivity contribution in [3.05, 3.63) is 6.33 Å². The predicted molar refractivity (Wildman–Crippen MR) is 79.8 cm³/mol. The van der Waals surface area contributed by atoms with Gasteiger partial charge in [-0.15, -0.1) is 0 Å². The van der Waals surface area contributed by atoms with E-state index in [1.807, 2.05) is 0 Å². The van der Waals surface area contributed by atoms with Gasteiger partial charge in [0, 0.05) is 0 Å². The maximum Gasteiger partial charge on any atom is 0.308 e. The van der Waals surface area contributed by atoms with Crippen LogP contribution in [-0.4, -0.2) is 45.0 Å². The van der Waals surface area contributed by atoms with Crippen molar-refractivity contribution in [2.75, 3.05) is 24.7 Å². The molecule has 23 heavy (non-hydrogen) atoms. The van der Waals surface area contributed by atoms with Gasteiger partial charge >= 0.3 is 5.97 Å². The van der Waals surface area contributed by atoms with Crippen molar-refractivity contribution in [2.45, 2.75) is 26.4 Å². The summed E-state index contributed by atoms with van der Waals surface area (Å²) in [5, 5.41) is 0. The van der Waals surface area contributed by atoms with E-state index in [0.717, 1.165) is 0 Å². The number of nitrogens with two attached hydrogens (primary N) is 2. The Morgan fingerprint density at radius 2 is 2.26 bits per heavy atom. The molecule has 0 bridgehead atoms. The van der Waals surface area contributed by atoms with Crippen LogP contribution in [0.4, 0.5) is 11.8 Å². The average Bonchev–Trinajstić information content (AvgIpc) is 3.10. The second-order valence-corrected chi connectivity index (χ2v) is 5.43. The van der Waals surface area contributed by atoms with Gasteiger partial charge in [-0.3, -0.25) is 9.36 Å². The number of nitrogen functional groups attached to an aromatic ring is 2. The van der Waals surface area contributed by atoms with E-state index in [1.165, 1.54) is 6.33 Å². The molecule has 0 radical (unpaired) electrons. The van der Waals surface area contributed by atoms with E-state index < -0.39 is 12.5 Å². The third kappa shape index (κ3) is 3.03. The van der Waals surface area contributed by atoms with Crippen molar-refractivity contribution in [2.24, 2.45) is 5.92 Å². The highest BCUT2D eigenvalue weighted by molar-refractivity contribution is 5.82. The number of carbonyl (C=O) groups is 1. The van der Waals surface area contributed by atoms with Crippen molar-refractivity contribution >= 4 is 28.9 Å². The molecule has 0 spiro atoms. The smallest absolute Gasteiger partial charge is 0.308 e. The Labute approximate surface area is 131 Å². The molecule has 4 N–H and O–H groups in total. The zero-order chi connectivity index (χ0) is 16.6. The van der Waals surface area contributed by atoms with Crippen LogP contribution in [-0.2, 0) is 19.0 Å². The fourth-order valence-corrected chi connectivity index (χ4v) is 2.16. The quantitative estimate of drug-likeness (QED) is 0.747. The van der Waals surface area contributed by atoms with Gasteiger partial charge in [-0.05, 0) is 0 Å². The highest BCUT2D eigenvalue weighted by Gasteiger charge is 2.30. The fourth-order valence-electron chi connectivity index (χ4n) is 2.16. The van der Waals surface area contributed by atoms with Gasteiger partial charge < -0.3 is 25.7 Å². The molecule has 2 aromatic rings. The summed E-state index contributed by atoms with van der Waals surface area (Å²) in [5.74, 6) is -0.250. The lowest BCUT2D eigenvalue weighted by Crippen LogP contribution is -2.22. The Kier molecular flexibility index (Phi) is 4.01. The minimum atomic E-state index is -0.642. The molecular weight excluding hydrogens is 304 g/mol. The van der Waals surface area contributed by atoms with Gasteiger partial charge in [-0.1, -0.05) is 13.8 Å². The molecule has 2 aromatic heterocycles. The highest BCUT2D eigenvalue weighted by atomic mass is 16.7. The van der Waals surface area contributed by atoms with Crippen LogP contribution in [0.25, 0.3) is 11.2 Å². The average molecular weight is 322 g/mol. The summed E-state index contributed by atoms with van der Waals surface area (Å²) in [6, 6.07) is 0. The number of anilines is 2. The van der Waals surface area contributed by atoms with Crippen molar-refractivity contribution in [1.82, 2.24) is 19.5 Å². The molecule has 0 aromatic carbocycles. The molecule has 1 aliphatic rings. The lowest BCUT2D eigenvalue weighted by molar-refractivity contribution is -0.162. The number of fused-ring (bicyclic) bond motifs is 1. The molecule has 0 aliphatic carbocycles. The molecule has 0 amide bonds. The molecular formula is C13H18N6O4. The Hall–Kier alpha value is -2.46. The van der Waals surface area contributed by atoms with E-state index in [9.17, 15) is 4.79 Å². The van der Waals surface area contributed by atoms with Crippen LogP contribution in [0.2, 0.25) is 0 Å². The minimum Gasteiger partial charge on any atom is -0.460 e. The van der Waals surface area contributed by atoms with Gasteiger partial charge in [0.25, 0.3) is 0 Å². The predicted octanol–water partition coefficient (Wildman–Crippen LogP) is 0.0614. The number of hydrogen-bond donors (Lipinski definition) is 2. The Balaban J connectivity index is 1.71. The van der Waals surface area contributed by atoms with Crippen LogP contribution in [0.5, 0.6) is 0 Å². The first-order chi connectivity index (χ1) is 11.0. The van der Waals surface area contributed by atoms with Crippen LogP contribution >= 0.6 is 0 Å². The first-order valence-electron chi connectivity index (χ1n) is 7.15. The maximum atomic E-state index is 11.5. The van der Waals surface area contributed by atoms with Gasteiger partial charge in [0.15, 0.2) is 24.0 Å². The molecule has 3 rings (SSSR count). The molecule has 10 nitrogen and oxygen atoms in total. The maximum absolute atomic E-state index is 11.5. The largest absolute Gasteiger partial charge is 0.460 e. The first kappa shape index (κ1) is 15.4. The first-order valence-corrected chi connectivity index (χ1v) is 7.15. The summed E-state index contributed by atoms with van der Waals surface area (Å²) >= 11 is 0. The minimum absolute atomic E-state index is 0.0272. The summed E-state index contributed by atoms with van der Waals surface area (Å²) in [6.07, 6.45) is 0.430. The van der Waals surface area contributed by atoms with E-state index in [-0.39, 0.29) is 36.9 Å². The number of imidazole rings is 1. The number of carbonyl (C=O) groups excluding carboxylic acids is 1. The number of nitrogens with zero attached hydrogens (tertiary/aromatic N) is 4. The number of rotatable bonds is 4. The highest BCUT2D eigenvalue weighted by Crippen LogP contribution is 2.26. The van der Waals surface area contributed by atoms with E-state index in [2.05, 4.69) is 15.0 Å².